The first-order chi connectivity index (χ1) is 17.8. The highest BCUT2D eigenvalue weighted by molar-refractivity contribution is 5.90. The number of hydrogen-bond donors (Lipinski definition) is 1. The lowest BCUT2D eigenvalue weighted by Crippen LogP contribution is -2.53. The van der Waals surface area contributed by atoms with Gasteiger partial charge in [0.2, 0.25) is 5.91 Å². The molecule has 7 heteroatoms. The van der Waals surface area contributed by atoms with Crippen LogP contribution >= 0.6 is 0 Å². The minimum absolute atomic E-state index is 0.205. The highest BCUT2D eigenvalue weighted by atomic mass is 16.6. The summed E-state index contributed by atoms with van der Waals surface area (Å²) < 4.78 is 16.9. The molecule has 2 fully saturated rings. The van der Waals surface area contributed by atoms with E-state index < -0.39 is 28.4 Å². The fourth-order valence-electron chi connectivity index (χ4n) is 6.02. The SMILES string of the molecule is COC(=O)[C@@H](CC1CCC(OCc2ccccc2)CC1)NC(=O)[C@]1(C)CC[C@H](C(=O)OC(C)(C)C)C1(C)C. The highest BCUT2D eigenvalue weighted by Gasteiger charge is 2.59. The van der Waals surface area contributed by atoms with Crippen LogP contribution in [0.5, 0.6) is 0 Å². The summed E-state index contributed by atoms with van der Waals surface area (Å²) in [6.07, 6.45) is 5.60. The molecule has 0 aromatic heterocycles. The molecule has 3 atom stereocenters. The fourth-order valence-corrected chi connectivity index (χ4v) is 6.02. The number of methoxy groups -OCH3 is 1. The average Bonchev–Trinajstić information content (AvgIpc) is 3.11. The summed E-state index contributed by atoms with van der Waals surface area (Å²) in [5.41, 5.74) is -0.867. The number of rotatable bonds is 9. The van der Waals surface area contributed by atoms with Gasteiger partial charge in [0.05, 0.1) is 31.2 Å². The van der Waals surface area contributed by atoms with E-state index in [1.807, 2.05) is 59.7 Å². The van der Waals surface area contributed by atoms with Crippen molar-refractivity contribution in [3.63, 3.8) is 0 Å². The van der Waals surface area contributed by atoms with E-state index in [1.165, 1.54) is 12.7 Å². The Morgan fingerprint density at radius 3 is 2.21 bits per heavy atom. The van der Waals surface area contributed by atoms with E-state index >= 15 is 0 Å². The van der Waals surface area contributed by atoms with E-state index in [0.29, 0.717) is 31.8 Å². The molecule has 0 saturated heterocycles. The fraction of sp³-hybridized carbons (Fsp3) is 0.710. The van der Waals surface area contributed by atoms with Crippen LogP contribution in [0.25, 0.3) is 0 Å². The lowest BCUT2D eigenvalue weighted by Gasteiger charge is -2.41. The molecule has 1 amide bonds. The molecule has 3 rings (SSSR count). The molecule has 2 aliphatic rings. The van der Waals surface area contributed by atoms with Crippen molar-refractivity contribution in [3.05, 3.63) is 35.9 Å². The van der Waals surface area contributed by atoms with E-state index in [0.717, 1.165) is 25.7 Å². The second-order valence-corrected chi connectivity index (χ2v) is 12.9. The molecule has 0 spiro atoms. The number of hydrogen-bond acceptors (Lipinski definition) is 6. The van der Waals surface area contributed by atoms with Crippen LogP contribution < -0.4 is 5.32 Å². The van der Waals surface area contributed by atoms with Crippen LogP contribution in [-0.4, -0.2) is 42.7 Å². The van der Waals surface area contributed by atoms with Gasteiger partial charge < -0.3 is 19.5 Å². The molecule has 1 N–H and O–H groups in total. The lowest BCUT2D eigenvalue weighted by atomic mass is 9.65. The Bertz CT molecular complexity index is 960. The van der Waals surface area contributed by atoms with Crippen molar-refractivity contribution in [1.82, 2.24) is 5.32 Å². The predicted octanol–water partition coefficient (Wildman–Crippen LogP) is 5.59. The number of esters is 2. The molecular weight excluding hydrogens is 482 g/mol. The van der Waals surface area contributed by atoms with Crippen LogP contribution in [0, 0.1) is 22.7 Å². The minimum atomic E-state index is -0.816. The Kier molecular flexibility index (Phi) is 9.66. The zero-order chi connectivity index (χ0) is 28.1. The third kappa shape index (κ3) is 7.16. The maximum Gasteiger partial charge on any atom is 0.328 e. The molecule has 1 aromatic carbocycles. The van der Waals surface area contributed by atoms with Gasteiger partial charge >= 0.3 is 11.9 Å². The first kappa shape index (κ1) is 30.1. The van der Waals surface area contributed by atoms with Gasteiger partial charge in [-0.05, 0) is 82.6 Å². The number of carbonyl (C=O) groups excluding carboxylic acids is 3. The van der Waals surface area contributed by atoms with Crippen molar-refractivity contribution < 1.29 is 28.6 Å². The van der Waals surface area contributed by atoms with Gasteiger partial charge in [0.15, 0.2) is 0 Å². The molecule has 0 unspecified atom stereocenters. The van der Waals surface area contributed by atoms with Gasteiger partial charge in [-0.1, -0.05) is 51.1 Å². The molecule has 2 aliphatic carbocycles. The van der Waals surface area contributed by atoms with Gasteiger partial charge in [-0.3, -0.25) is 9.59 Å². The van der Waals surface area contributed by atoms with Crippen molar-refractivity contribution in [3.8, 4) is 0 Å². The molecule has 2 saturated carbocycles. The van der Waals surface area contributed by atoms with Crippen molar-refractivity contribution in [2.45, 2.75) is 111 Å². The first-order valence-corrected chi connectivity index (χ1v) is 14.0. The van der Waals surface area contributed by atoms with Gasteiger partial charge in [-0.2, -0.15) is 0 Å². The van der Waals surface area contributed by atoms with Gasteiger partial charge in [-0.25, -0.2) is 4.79 Å². The zero-order valence-corrected chi connectivity index (χ0v) is 24.3. The van der Waals surface area contributed by atoms with Gasteiger partial charge in [0.1, 0.15) is 11.6 Å². The number of carbonyl (C=O) groups is 3. The molecule has 38 heavy (non-hydrogen) atoms. The molecule has 0 heterocycles. The monoisotopic (exact) mass is 529 g/mol. The maximum atomic E-state index is 13.7. The minimum Gasteiger partial charge on any atom is -0.467 e. The lowest BCUT2D eigenvalue weighted by molar-refractivity contribution is -0.165. The Hall–Kier alpha value is -2.41. The highest BCUT2D eigenvalue weighted by Crippen LogP contribution is 2.56. The molecule has 0 radical (unpaired) electrons. The van der Waals surface area contributed by atoms with Crippen LogP contribution in [0.1, 0.15) is 92.1 Å². The quantitative estimate of drug-likeness (QED) is 0.419. The molecule has 212 valence electrons. The summed E-state index contributed by atoms with van der Waals surface area (Å²) in [5, 5.41) is 3.02. The summed E-state index contributed by atoms with van der Waals surface area (Å²) in [7, 11) is 1.36. The summed E-state index contributed by atoms with van der Waals surface area (Å²) >= 11 is 0. The van der Waals surface area contributed by atoms with Gasteiger partial charge in [-0.15, -0.1) is 0 Å². The number of benzene rings is 1. The third-order valence-corrected chi connectivity index (χ3v) is 8.90. The summed E-state index contributed by atoms with van der Waals surface area (Å²) in [4.78, 5) is 39.4. The normalized spacial score (nSPS) is 27.8. The zero-order valence-electron chi connectivity index (χ0n) is 24.3. The van der Waals surface area contributed by atoms with Crippen molar-refractivity contribution in [2.75, 3.05) is 7.11 Å². The first-order valence-electron chi connectivity index (χ1n) is 14.0. The molecule has 1 aromatic rings. The van der Waals surface area contributed by atoms with E-state index in [1.54, 1.807) is 0 Å². The Labute approximate surface area is 228 Å². The van der Waals surface area contributed by atoms with Crippen LogP contribution in [0.2, 0.25) is 0 Å². The topological polar surface area (TPSA) is 90.9 Å². The maximum absolute atomic E-state index is 13.7. The van der Waals surface area contributed by atoms with Crippen molar-refractivity contribution >= 4 is 17.8 Å². The van der Waals surface area contributed by atoms with Crippen LogP contribution in [0.4, 0.5) is 0 Å². The number of ether oxygens (including phenoxy) is 3. The van der Waals surface area contributed by atoms with Gasteiger partial charge in [0, 0.05) is 0 Å². The molecule has 0 bridgehead atoms. The summed E-state index contributed by atoms with van der Waals surface area (Å²) in [6.45, 7) is 12.0. The second kappa shape index (κ2) is 12.2. The van der Waals surface area contributed by atoms with Crippen molar-refractivity contribution in [1.29, 1.82) is 0 Å². The van der Waals surface area contributed by atoms with E-state index in [9.17, 15) is 14.4 Å². The second-order valence-electron chi connectivity index (χ2n) is 12.9. The number of amides is 1. The largest absolute Gasteiger partial charge is 0.467 e. The smallest absolute Gasteiger partial charge is 0.328 e. The molecule has 7 nitrogen and oxygen atoms in total. The van der Waals surface area contributed by atoms with Gasteiger partial charge in [0.25, 0.3) is 0 Å². The Morgan fingerprint density at radius 2 is 1.63 bits per heavy atom. The molecule has 0 aliphatic heterocycles. The molecular formula is C31H47NO6. The van der Waals surface area contributed by atoms with E-state index in [4.69, 9.17) is 14.2 Å². The van der Waals surface area contributed by atoms with Crippen molar-refractivity contribution in [2.24, 2.45) is 22.7 Å². The average molecular weight is 530 g/mol. The van der Waals surface area contributed by atoms with E-state index in [-0.39, 0.29) is 23.9 Å². The van der Waals surface area contributed by atoms with Crippen LogP contribution in [0.15, 0.2) is 30.3 Å². The Balaban J connectivity index is 1.58. The standard InChI is InChI=1S/C31H47NO6/c1-29(2,3)38-26(33)24-17-18-31(6,30(24,4)5)28(35)32-25(27(34)36-7)19-21-13-15-23(16-14-21)37-20-22-11-9-8-10-12-22/h8-12,21,23-25H,13-20H2,1-7H3,(H,32,35)/t21?,23?,24-,25-,31+/m1/s1. The Morgan fingerprint density at radius 1 is 1.00 bits per heavy atom. The number of nitrogens with one attached hydrogen (secondary N) is 1. The third-order valence-electron chi connectivity index (χ3n) is 8.90. The summed E-state index contributed by atoms with van der Waals surface area (Å²) in [5.74, 6) is -0.988. The van der Waals surface area contributed by atoms with Crippen LogP contribution in [0.3, 0.4) is 0 Å². The summed E-state index contributed by atoms with van der Waals surface area (Å²) in [6, 6.07) is 9.45. The predicted molar refractivity (Wildman–Crippen MR) is 146 cm³/mol. The van der Waals surface area contributed by atoms with E-state index in [2.05, 4.69) is 17.4 Å². The van der Waals surface area contributed by atoms with Crippen LogP contribution in [-0.2, 0) is 35.2 Å².